The minimum Gasteiger partial charge on any atom is -0.507 e. The van der Waals surface area contributed by atoms with Gasteiger partial charge >= 0.3 is 0 Å². The van der Waals surface area contributed by atoms with Gasteiger partial charge in [-0.05, 0) is 35.4 Å². The fourth-order valence-electron chi connectivity index (χ4n) is 4.24. The minimum absolute atomic E-state index is 0.325. The SMILES string of the molecule is Oc1ccc(CN2CCN(c3cccc4c3OCCO4)CC2)cc1-c1ccccc1. The van der Waals surface area contributed by atoms with Gasteiger partial charge in [0.1, 0.15) is 19.0 Å². The molecule has 0 spiro atoms. The van der Waals surface area contributed by atoms with E-state index in [2.05, 4.69) is 21.9 Å². The Bertz CT molecular complexity index is 1010. The van der Waals surface area contributed by atoms with Crippen molar-refractivity contribution in [2.75, 3.05) is 44.3 Å². The number of rotatable bonds is 4. The topological polar surface area (TPSA) is 45.2 Å². The lowest BCUT2D eigenvalue weighted by molar-refractivity contribution is 0.171. The molecule has 1 saturated heterocycles. The molecular weight excluding hydrogens is 376 g/mol. The zero-order chi connectivity index (χ0) is 20.3. The van der Waals surface area contributed by atoms with E-state index in [0.717, 1.165) is 61.0 Å². The first-order chi connectivity index (χ1) is 14.8. The lowest BCUT2D eigenvalue weighted by Crippen LogP contribution is -2.46. The number of ether oxygens (including phenoxy) is 2. The Morgan fingerprint density at radius 3 is 2.43 bits per heavy atom. The van der Waals surface area contributed by atoms with Gasteiger partial charge in [0.15, 0.2) is 11.5 Å². The summed E-state index contributed by atoms with van der Waals surface area (Å²) in [6.45, 7) is 5.95. The number of para-hydroxylation sites is 1. The molecule has 2 aliphatic rings. The van der Waals surface area contributed by atoms with Crippen LogP contribution in [-0.4, -0.2) is 49.4 Å². The molecule has 0 aromatic heterocycles. The van der Waals surface area contributed by atoms with Crippen molar-refractivity contribution in [2.45, 2.75) is 6.54 Å². The molecule has 0 bridgehead atoms. The highest BCUT2D eigenvalue weighted by Gasteiger charge is 2.23. The van der Waals surface area contributed by atoms with Crippen molar-refractivity contribution in [3.05, 3.63) is 72.3 Å². The van der Waals surface area contributed by atoms with Crippen LogP contribution < -0.4 is 14.4 Å². The average molecular weight is 402 g/mol. The smallest absolute Gasteiger partial charge is 0.184 e. The Morgan fingerprint density at radius 2 is 1.60 bits per heavy atom. The zero-order valence-electron chi connectivity index (χ0n) is 17.0. The van der Waals surface area contributed by atoms with Gasteiger partial charge in [-0.1, -0.05) is 42.5 Å². The van der Waals surface area contributed by atoms with E-state index in [0.29, 0.717) is 19.0 Å². The average Bonchev–Trinajstić information content (AvgIpc) is 2.81. The third-order valence-electron chi connectivity index (χ3n) is 5.81. The number of benzene rings is 3. The number of phenolic OH excluding ortho intramolecular Hbond substituents is 1. The van der Waals surface area contributed by atoms with Crippen LogP contribution in [0.15, 0.2) is 66.7 Å². The van der Waals surface area contributed by atoms with Crippen molar-refractivity contribution in [3.8, 4) is 28.4 Å². The fraction of sp³-hybridized carbons (Fsp3) is 0.280. The van der Waals surface area contributed by atoms with Gasteiger partial charge in [-0.2, -0.15) is 0 Å². The van der Waals surface area contributed by atoms with Crippen LogP contribution >= 0.6 is 0 Å². The molecule has 2 aliphatic heterocycles. The number of piperazine rings is 1. The molecule has 30 heavy (non-hydrogen) atoms. The van der Waals surface area contributed by atoms with Crippen molar-refractivity contribution in [2.24, 2.45) is 0 Å². The third kappa shape index (κ3) is 3.81. The first-order valence-corrected chi connectivity index (χ1v) is 10.5. The van der Waals surface area contributed by atoms with Crippen molar-refractivity contribution in [1.82, 2.24) is 4.90 Å². The number of hydrogen-bond donors (Lipinski definition) is 1. The van der Waals surface area contributed by atoms with Gasteiger partial charge in [0.25, 0.3) is 0 Å². The van der Waals surface area contributed by atoms with Crippen LogP contribution in [0.3, 0.4) is 0 Å². The van der Waals surface area contributed by atoms with E-state index in [1.807, 2.05) is 54.6 Å². The third-order valence-corrected chi connectivity index (χ3v) is 5.81. The molecule has 0 saturated carbocycles. The number of nitrogens with zero attached hydrogens (tertiary/aromatic N) is 2. The molecular formula is C25H26N2O3. The molecule has 5 nitrogen and oxygen atoms in total. The Balaban J connectivity index is 1.26. The monoisotopic (exact) mass is 402 g/mol. The molecule has 154 valence electrons. The lowest BCUT2D eigenvalue weighted by Gasteiger charge is -2.37. The Labute approximate surface area is 177 Å². The number of anilines is 1. The van der Waals surface area contributed by atoms with Crippen LogP contribution in [-0.2, 0) is 6.54 Å². The molecule has 0 unspecified atom stereocenters. The summed E-state index contributed by atoms with van der Waals surface area (Å²) in [5.74, 6) is 2.05. The number of hydrogen-bond acceptors (Lipinski definition) is 5. The van der Waals surface area contributed by atoms with Crippen LogP contribution in [0.1, 0.15) is 5.56 Å². The van der Waals surface area contributed by atoms with E-state index in [1.165, 1.54) is 5.56 Å². The van der Waals surface area contributed by atoms with Crippen LogP contribution in [0.2, 0.25) is 0 Å². The van der Waals surface area contributed by atoms with Crippen LogP contribution in [0.25, 0.3) is 11.1 Å². The highest BCUT2D eigenvalue weighted by atomic mass is 16.6. The number of phenols is 1. The van der Waals surface area contributed by atoms with Crippen molar-refractivity contribution in [3.63, 3.8) is 0 Å². The Morgan fingerprint density at radius 1 is 0.800 bits per heavy atom. The fourth-order valence-corrected chi connectivity index (χ4v) is 4.24. The van der Waals surface area contributed by atoms with Gasteiger partial charge in [0.05, 0.1) is 5.69 Å². The summed E-state index contributed by atoms with van der Waals surface area (Å²) in [6.07, 6.45) is 0. The van der Waals surface area contributed by atoms with Gasteiger partial charge < -0.3 is 19.5 Å². The highest BCUT2D eigenvalue weighted by molar-refractivity contribution is 5.70. The first-order valence-electron chi connectivity index (χ1n) is 10.5. The minimum atomic E-state index is 0.325. The van der Waals surface area contributed by atoms with Gasteiger partial charge in [-0.25, -0.2) is 0 Å². The summed E-state index contributed by atoms with van der Waals surface area (Å²) in [5.41, 5.74) is 4.27. The number of fused-ring (bicyclic) bond motifs is 1. The van der Waals surface area contributed by atoms with Gasteiger partial charge in [0, 0.05) is 38.3 Å². The van der Waals surface area contributed by atoms with Crippen LogP contribution in [0, 0.1) is 0 Å². The molecule has 5 heteroatoms. The van der Waals surface area contributed by atoms with Gasteiger partial charge in [0.2, 0.25) is 0 Å². The normalized spacial score (nSPS) is 16.5. The molecule has 2 heterocycles. The molecule has 0 radical (unpaired) electrons. The molecule has 1 fully saturated rings. The van der Waals surface area contributed by atoms with E-state index in [4.69, 9.17) is 9.47 Å². The molecule has 0 amide bonds. The summed E-state index contributed by atoms with van der Waals surface area (Å²) in [5, 5.41) is 10.3. The zero-order valence-corrected chi connectivity index (χ0v) is 17.0. The first kappa shape index (κ1) is 18.8. The summed E-state index contributed by atoms with van der Waals surface area (Å²) >= 11 is 0. The second kappa shape index (κ2) is 8.28. The highest BCUT2D eigenvalue weighted by Crippen LogP contribution is 2.39. The standard InChI is InChI=1S/C25H26N2O3/c28-23-10-9-19(17-21(23)20-5-2-1-3-6-20)18-26-11-13-27(14-12-26)22-7-4-8-24-25(22)30-16-15-29-24/h1-10,17,28H,11-16,18H2. The quantitative estimate of drug-likeness (QED) is 0.710. The van der Waals surface area contributed by atoms with Crippen LogP contribution in [0.4, 0.5) is 5.69 Å². The molecule has 3 aromatic carbocycles. The van der Waals surface area contributed by atoms with Gasteiger partial charge in [-0.3, -0.25) is 4.90 Å². The predicted molar refractivity (Wildman–Crippen MR) is 118 cm³/mol. The largest absolute Gasteiger partial charge is 0.507 e. The van der Waals surface area contributed by atoms with E-state index in [1.54, 1.807) is 0 Å². The molecule has 3 aromatic rings. The van der Waals surface area contributed by atoms with E-state index in [9.17, 15) is 5.11 Å². The molecule has 0 aliphatic carbocycles. The van der Waals surface area contributed by atoms with Crippen LogP contribution in [0.5, 0.6) is 17.2 Å². The van der Waals surface area contributed by atoms with Crippen molar-refractivity contribution in [1.29, 1.82) is 0 Å². The molecule has 1 N–H and O–H groups in total. The summed E-state index contributed by atoms with van der Waals surface area (Å²) in [7, 11) is 0. The van der Waals surface area contributed by atoms with Crippen molar-refractivity contribution >= 4 is 5.69 Å². The van der Waals surface area contributed by atoms with Gasteiger partial charge in [-0.15, -0.1) is 0 Å². The molecule has 0 atom stereocenters. The molecule has 5 rings (SSSR count). The second-order valence-electron chi connectivity index (χ2n) is 7.78. The van der Waals surface area contributed by atoms with E-state index in [-0.39, 0.29) is 0 Å². The lowest BCUT2D eigenvalue weighted by atomic mass is 10.0. The number of aromatic hydroxyl groups is 1. The van der Waals surface area contributed by atoms with E-state index >= 15 is 0 Å². The summed E-state index contributed by atoms with van der Waals surface area (Å²) in [6, 6.07) is 22.1. The Kier molecular flexibility index (Phi) is 5.20. The second-order valence-corrected chi connectivity index (χ2v) is 7.78. The maximum Gasteiger partial charge on any atom is 0.184 e. The summed E-state index contributed by atoms with van der Waals surface area (Å²) in [4.78, 5) is 4.85. The van der Waals surface area contributed by atoms with Crippen molar-refractivity contribution < 1.29 is 14.6 Å². The Hall–Kier alpha value is -3.18. The predicted octanol–water partition coefficient (Wildman–Crippen LogP) is 4.15. The maximum atomic E-state index is 10.3. The summed E-state index contributed by atoms with van der Waals surface area (Å²) < 4.78 is 11.6. The maximum absolute atomic E-state index is 10.3. The van der Waals surface area contributed by atoms with E-state index < -0.39 is 0 Å².